The maximum absolute atomic E-state index is 5.42. The quantitative estimate of drug-likeness (QED) is 0.602. The van der Waals surface area contributed by atoms with Crippen LogP contribution in [0.4, 0.5) is 0 Å². The van der Waals surface area contributed by atoms with Gasteiger partial charge in [-0.1, -0.05) is 0 Å². The van der Waals surface area contributed by atoms with Crippen molar-refractivity contribution in [1.82, 2.24) is 0 Å². The smallest absolute Gasteiger partial charge is 0.0506 e. The lowest BCUT2D eigenvalue weighted by Crippen LogP contribution is -2.24. The van der Waals surface area contributed by atoms with Gasteiger partial charge in [0.05, 0.1) is 6.61 Å². The zero-order valence-electron chi connectivity index (χ0n) is 5.51. The van der Waals surface area contributed by atoms with E-state index in [0.717, 1.165) is 19.8 Å². The van der Waals surface area contributed by atoms with Crippen LogP contribution < -0.4 is 5.73 Å². The molecule has 2 N–H and O–H groups in total. The molecule has 1 fully saturated rings. The molecule has 0 unspecified atom stereocenters. The predicted octanol–water partition coefficient (Wildman–Crippen LogP) is 0.793. The third-order valence-electron chi connectivity index (χ3n) is 1.59. The molecule has 9 heavy (non-hydrogen) atoms. The summed E-state index contributed by atoms with van der Waals surface area (Å²) in [5, 5.41) is 0. The molecule has 1 rings (SSSR count). The number of halogens is 1. The number of hydrogen-bond donors (Lipinski definition) is 1. The summed E-state index contributed by atoms with van der Waals surface area (Å²) in [5.41, 5.74) is 5.42. The van der Waals surface area contributed by atoms with Crippen LogP contribution in [0.5, 0.6) is 0 Å². The van der Waals surface area contributed by atoms with Gasteiger partial charge >= 0.3 is 0 Å². The molecule has 0 aromatic heterocycles. The van der Waals surface area contributed by atoms with Gasteiger partial charge in [-0.25, -0.2) is 0 Å². The minimum absolute atomic E-state index is 0. The van der Waals surface area contributed by atoms with Gasteiger partial charge in [-0.2, -0.15) is 0 Å². The second kappa shape index (κ2) is 5.03. The van der Waals surface area contributed by atoms with Gasteiger partial charge in [0.1, 0.15) is 0 Å². The Balaban J connectivity index is 0.000000640. The lowest BCUT2D eigenvalue weighted by atomic mass is 10.0. The third-order valence-corrected chi connectivity index (χ3v) is 1.59. The van der Waals surface area contributed by atoms with Gasteiger partial charge < -0.3 is 10.5 Å². The van der Waals surface area contributed by atoms with Crippen molar-refractivity contribution in [2.24, 2.45) is 11.7 Å². The fourth-order valence-corrected chi connectivity index (χ4v) is 0.993. The van der Waals surface area contributed by atoms with Crippen molar-refractivity contribution in [3.8, 4) is 0 Å². The van der Waals surface area contributed by atoms with E-state index in [0.29, 0.717) is 5.92 Å². The molecule has 2 nitrogen and oxygen atoms in total. The van der Waals surface area contributed by atoms with E-state index in [2.05, 4.69) is 0 Å². The number of hydrogen-bond acceptors (Lipinski definition) is 2. The predicted molar refractivity (Wildman–Crippen MR) is 39.8 cm³/mol. The summed E-state index contributed by atoms with van der Waals surface area (Å²) in [7, 11) is 0. The molecule has 1 aliphatic heterocycles. The number of nitrogens with two attached hydrogens (primary N) is 1. The molecule has 1 aliphatic rings. The first-order valence-corrected chi connectivity index (χ1v) is 3.21. The highest BCUT2D eigenvalue weighted by Crippen LogP contribution is 2.10. The third kappa shape index (κ3) is 3.04. The van der Waals surface area contributed by atoms with Crippen LogP contribution in [0, 0.1) is 5.92 Å². The Morgan fingerprint density at radius 1 is 1.56 bits per heavy atom. The molecule has 1 saturated heterocycles. The first-order valence-electron chi connectivity index (χ1n) is 3.21. The summed E-state index contributed by atoms with van der Waals surface area (Å²) in [6.45, 7) is 2.62. The molecule has 0 saturated carbocycles. The maximum atomic E-state index is 5.42. The van der Waals surface area contributed by atoms with Crippen molar-refractivity contribution < 1.29 is 4.74 Å². The highest BCUT2D eigenvalue weighted by Gasteiger charge is 2.10. The summed E-state index contributed by atoms with van der Waals surface area (Å²) >= 11 is 0. The fourth-order valence-electron chi connectivity index (χ4n) is 0.993. The van der Waals surface area contributed by atoms with Gasteiger partial charge in [-0.05, 0) is 25.3 Å². The lowest BCUT2D eigenvalue weighted by Gasteiger charge is -2.19. The van der Waals surface area contributed by atoms with Gasteiger partial charge in [0.2, 0.25) is 0 Å². The van der Waals surface area contributed by atoms with E-state index in [1.54, 1.807) is 0 Å². The van der Waals surface area contributed by atoms with Crippen LogP contribution in [-0.2, 0) is 4.74 Å². The summed E-state index contributed by atoms with van der Waals surface area (Å²) in [4.78, 5) is 0. The van der Waals surface area contributed by atoms with E-state index in [9.17, 15) is 0 Å². The van der Waals surface area contributed by atoms with Crippen molar-refractivity contribution in [2.75, 3.05) is 19.8 Å². The Kier molecular flexibility index (Phi) is 5.15. The van der Waals surface area contributed by atoms with Gasteiger partial charge in [0, 0.05) is 6.61 Å². The Morgan fingerprint density at radius 2 is 2.33 bits per heavy atom. The molecule has 3 heteroatoms. The second-order valence-electron chi connectivity index (χ2n) is 2.32. The van der Waals surface area contributed by atoms with Gasteiger partial charge in [0.25, 0.3) is 0 Å². The lowest BCUT2D eigenvalue weighted by molar-refractivity contribution is 0.0580. The van der Waals surface area contributed by atoms with Crippen molar-refractivity contribution in [1.29, 1.82) is 0 Å². The Hall–Kier alpha value is 0.210. The Morgan fingerprint density at radius 3 is 2.67 bits per heavy atom. The molecule has 1 atom stereocenters. The molecular weight excluding hydrogens is 138 g/mol. The Bertz CT molecular complexity index is 64.1. The summed E-state index contributed by atoms with van der Waals surface area (Å²) in [6.07, 6.45) is 2.46. The monoisotopic (exact) mass is 151 g/mol. The van der Waals surface area contributed by atoms with Crippen LogP contribution in [0.25, 0.3) is 0 Å². The van der Waals surface area contributed by atoms with Crippen LogP contribution in [0.1, 0.15) is 12.8 Å². The number of rotatable bonds is 1. The SMILES string of the molecule is Cl.NC[C@@H]1CCCOC1. The summed E-state index contributed by atoms with van der Waals surface area (Å²) < 4.78 is 5.19. The average Bonchev–Trinajstić information content (AvgIpc) is 1.90. The average molecular weight is 152 g/mol. The van der Waals surface area contributed by atoms with Crippen LogP contribution >= 0.6 is 12.4 Å². The maximum Gasteiger partial charge on any atom is 0.0506 e. The van der Waals surface area contributed by atoms with Crippen molar-refractivity contribution in [3.05, 3.63) is 0 Å². The topological polar surface area (TPSA) is 35.2 Å². The highest BCUT2D eigenvalue weighted by molar-refractivity contribution is 5.85. The van der Waals surface area contributed by atoms with Crippen LogP contribution in [0.2, 0.25) is 0 Å². The molecule has 0 aliphatic carbocycles. The van der Waals surface area contributed by atoms with E-state index < -0.39 is 0 Å². The van der Waals surface area contributed by atoms with E-state index in [4.69, 9.17) is 10.5 Å². The molecule has 0 amide bonds. The fraction of sp³-hybridized carbons (Fsp3) is 1.00. The largest absolute Gasteiger partial charge is 0.381 e. The Labute approximate surface area is 62.2 Å². The zero-order chi connectivity index (χ0) is 5.82. The minimum atomic E-state index is 0. The molecule has 0 spiro atoms. The molecular formula is C6H14ClNO. The molecule has 0 aromatic carbocycles. The van der Waals surface area contributed by atoms with Gasteiger partial charge in [0.15, 0.2) is 0 Å². The highest BCUT2D eigenvalue weighted by atomic mass is 35.5. The van der Waals surface area contributed by atoms with E-state index in [1.165, 1.54) is 12.8 Å². The molecule has 0 aromatic rings. The first-order chi connectivity index (χ1) is 3.93. The van der Waals surface area contributed by atoms with Crippen molar-refractivity contribution in [2.45, 2.75) is 12.8 Å². The minimum Gasteiger partial charge on any atom is -0.381 e. The van der Waals surface area contributed by atoms with E-state index in [1.807, 2.05) is 0 Å². The van der Waals surface area contributed by atoms with E-state index in [-0.39, 0.29) is 12.4 Å². The van der Waals surface area contributed by atoms with Crippen molar-refractivity contribution >= 4 is 12.4 Å². The van der Waals surface area contributed by atoms with E-state index >= 15 is 0 Å². The summed E-state index contributed by atoms with van der Waals surface area (Å²) in [5.74, 6) is 0.642. The molecule has 1 heterocycles. The van der Waals surface area contributed by atoms with Crippen LogP contribution in [0.15, 0.2) is 0 Å². The molecule has 56 valence electrons. The van der Waals surface area contributed by atoms with Crippen LogP contribution in [0.3, 0.4) is 0 Å². The standard InChI is InChI=1S/C6H13NO.ClH/c7-4-6-2-1-3-8-5-6;/h6H,1-5,7H2;1H/t6-;/m0./s1. The van der Waals surface area contributed by atoms with Crippen LogP contribution in [-0.4, -0.2) is 19.8 Å². The van der Waals surface area contributed by atoms with Gasteiger partial charge in [-0.15, -0.1) is 12.4 Å². The molecule has 0 bridgehead atoms. The first kappa shape index (κ1) is 9.21. The normalized spacial score (nSPS) is 27.0. The van der Waals surface area contributed by atoms with Gasteiger partial charge in [-0.3, -0.25) is 0 Å². The van der Waals surface area contributed by atoms with Crippen molar-refractivity contribution in [3.63, 3.8) is 0 Å². The number of ether oxygens (including phenoxy) is 1. The zero-order valence-corrected chi connectivity index (χ0v) is 6.32. The molecule has 0 radical (unpaired) electrons. The summed E-state index contributed by atoms with van der Waals surface area (Å²) in [6, 6.07) is 0. The second-order valence-corrected chi connectivity index (χ2v) is 2.32.